The van der Waals surface area contributed by atoms with Gasteiger partial charge < -0.3 is 10.6 Å². The molecule has 0 atom stereocenters. The van der Waals surface area contributed by atoms with Crippen LogP contribution in [0.3, 0.4) is 0 Å². The second-order valence-electron chi connectivity index (χ2n) is 6.06. The molecule has 1 saturated carbocycles. The van der Waals surface area contributed by atoms with E-state index in [1.165, 1.54) is 30.5 Å². The van der Waals surface area contributed by atoms with Gasteiger partial charge in [-0.25, -0.2) is 4.39 Å². The molecule has 3 nitrogen and oxygen atoms in total. The predicted molar refractivity (Wildman–Crippen MR) is 92.0 cm³/mol. The first-order valence-corrected chi connectivity index (χ1v) is 7.96. The molecule has 2 aromatic carbocycles. The molecule has 120 valence electrons. The fourth-order valence-corrected chi connectivity index (χ4v) is 2.82. The van der Waals surface area contributed by atoms with Crippen LogP contribution in [0.5, 0.6) is 0 Å². The van der Waals surface area contributed by atoms with Crippen molar-refractivity contribution in [3.63, 3.8) is 0 Å². The molecular formula is C19H22FN3. The molecule has 2 aromatic rings. The predicted octanol–water partition coefficient (Wildman–Crippen LogP) is 3.22. The first-order chi connectivity index (χ1) is 11.2. The second kappa shape index (κ2) is 6.82. The van der Waals surface area contributed by atoms with Crippen LogP contribution in [0.1, 0.15) is 24.0 Å². The molecule has 23 heavy (non-hydrogen) atoms. The summed E-state index contributed by atoms with van der Waals surface area (Å²) >= 11 is 0. The van der Waals surface area contributed by atoms with Gasteiger partial charge in [-0.15, -0.1) is 0 Å². The van der Waals surface area contributed by atoms with Crippen LogP contribution >= 0.6 is 0 Å². The third kappa shape index (κ3) is 3.89. The molecule has 0 radical (unpaired) electrons. The van der Waals surface area contributed by atoms with Crippen molar-refractivity contribution in [2.75, 3.05) is 13.6 Å². The maximum atomic E-state index is 13.2. The maximum absolute atomic E-state index is 13.2. The van der Waals surface area contributed by atoms with Gasteiger partial charge in [-0.1, -0.05) is 42.5 Å². The number of nitrogens with one attached hydrogen (secondary N) is 2. The van der Waals surface area contributed by atoms with Crippen LogP contribution in [-0.2, 0) is 12.0 Å². The average Bonchev–Trinajstić information content (AvgIpc) is 3.37. The number of hydrogen-bond donors (Lipinski definition) is 2. The highest BCUT2D eigenvalue weighted by Gasteiger charge is 2.43. The normalized spacial score (nSPS) is 16.0. The van der Waals surface area contributed by atoms with E-state index in [1.54, 1.807) is 13.1 Å². The van der Waals surface area contributed by atoms with E-state index in [4.69, 9.17) is 0 Å². The van der Waals surface area contributed by atoms with Crippen LogP contribution in [0.2, 0.25) is 0 Å². The Morgan fingerprint density at radius 3 is 2.52 bits per heavy atom. The minimum Gasteiger partial charge on any atom is -0.356 e. The second-order valence-corrected chi connectivity index (χ2v) is 6.06. The van der Waals surface area contributed by atoms with E-state index >= 15 is 0 Å². The highest BCUT2D eigenvalue weighted by Crippen LogP contribution is 2.47. The van der Waals surface area contributed by atoms with Crippen molar-refractivity contribution >= 4 is 5.96 Å². The Bertz CT molecular complexity index is 678. The monoisotopic (exact) mass is 311 g/mol. The van der Waals surface area contributed by atoms with Gasteiger partial charge in [0.25, 0.3) is 0 Å². The fourth-order valence-electron chi connectivity index (χ4n) is 2.82. The van der Waals surface area contributed by atoms with E-state index in [0.717, 1.165) is 18.1 Å². The summed E-state index contributed by atoms with van der Waals surface area (Å²) in [4.78, 5) is 4.25. The smallest absolute Gasteiger partial charge is 0.191 e. The Morgan fingerprint density at radius 2 is 1.87 bits per heavy atom. The van der Waals surface area contributed by atoms with E-state index in [9.17, 15) is 4.39 Å². The molecule has 2 N–H and O–H groups in total. The lowest BCUT2D eigenvalue weighted by molar-refractivity contribution is 0.623. The number of nitrogens with zero attached hydrogens (tertiary/aromatic N) is 1. The minimum absolute atomic E-state index is 0.215. The molecular weight excluding hydrogens is 289 g/mol. The van der Waals surface area contributed by atoms with Crippen molar-refractivity contribution in [1.82, 2.24) is 10.6 Å². The molecule has 0 spiro atoms. The lowest BCUT2D eigenvalue weighted by Gasteiger charge is -2.19. The molecule has 0 amide bonds. The molecule has 0 heterocycles. The van der Waals surface area contributed by atoms with Crippen molar-refractivity contribution in [3.8, 4) is 0 Å². The Kier molecular flexibility index (Phi) is 4.60. The van der Waals surface area contributed by atoms with E-state index in [1.807, 2.05) is 12.1 Å². The summed E-state index contributed by atoms with van der Waals surface area (Å²) in [5.41, 5.74) is 2.52. The zero-order chi connectivity index (χ0) is 16.1. The highest BCUT2D eigenvalue weighted by atomic mass is 19.1. The van der Waals surface area contributed by atoms with Crippen molar-refractivity contribution in [2.24, 2.45) is 4.99 Å². The Hall–Kier alpha value is -2.36. The molecule has 0 saturated heterocycles. The molecule has 0 unspecified atom stereocenters. The quantitative estimate of drug-likeness (QED) is 0.657. The average molecular weight is 311 g/mol. The maximum Gasteiger partial charge on any atom is 0.191 e. The summed E-state index contributed by atoms with van der Waals surface area (Å²) in [7, 11) is 1.75. The van der Waals surface area contributed by atoms with Crippen LogP contribution in [0, 0.1) is 5.82 Å². The summed E-state index contributed by atoms with van der Waals surface area (Å²) in [6.07, 6.45) is 2.40. The summed E-state index contributed by atoms with van der Waals surface area (Å²) in [6, 6.07) is 17.2. The van der Waals surface area contributed by atoms with Gasteiger partial charge in [0.2, 0.25) is 0 Å². The van der Waals surface area contributed by atoms with E-state index in [-0.39, 0.29) is 11.2 Å². The van der Waals surface area contributed by atoms with Gasteiger partial charge in [0.15, 0.2) is 5.96 Å². The number of guanidine groups is 1. The number of rotatable bonds is 5. The summed E-state index contributed by atoms with van der Waals surface area (Å²) in [5.74, 6) is 0.532. The Balaban J connectivity index is 1.54. The van der Waals surface area contributed by atoms with E-state index in [2.05, 4.69) is 39.9 Å². The first-order valence-electron chi connectivity index (χ1n) is 7.96. The zero-order valence-electron chi connectivity index (χ0n) is 13.3. The van der Waals surface area contributed by atoms with Gasteiger partial charge in [-0.05, 0) is 36.1 Å². The Labute approximate surface area is 136 Å². The minimum atomic E-state index is -0.215. The molecule has 0 aliphatic heterocycles. The number of benzene rings is 2. The molecule has 4 heteroatoms. The largest absolute Gasteiger partial charge is 0.356 e. The van der Waals surface area contributed by atoms with Crippen molar-refractivity contribution in [3.05, 3.63) is 71.5 Å². The van der Waals surface area contributed by atoms with Crippen LogP contribution in [0.4, 0.5) is 4.39 Å². The van der Waals surface area contributed by atoms with Crippen molar-refractivity contribution in [2.45, 2.75) is 24.8 Å². The lowest BCUT2D eigenvalue weighted by Crippen LogP contribution is -2.40. The standard InChI is InChI=1S/C19H22FN3/c1-21-18(22-13-15-6-5-9-17(20)12-15)23-14-19(10-11-19)16-7-3-2-4-8-16/h2-9,12H,10-11,13-14H2,1H3,(H2,21,22,23). The third-order valence-electron chi connectivity index (χ3n) is 4.41. The number of hydrogen-bond acceptors (Lipinski definition) is 1. The van der Waals surface area contributed by atoms with Gasteiger partial charge in [-0.2, -0.15) is 0 Å². The molecule has 0 aromatic heterocycles. The molecule has 1 aliphatic carbocycles. The van der Waals surface area contributed by atoms with Gasteiger partial charge in [0, 0.05) is 25.6 Å². The number of halogens is 1. The molecule has 1 fully saturated rings. The Morgan fingerprint density at radius 1 is 1.09 bits per heavy atom. The summed E-state index contributed by atoms with van der Waals surface area (Å²) < 4.78 is 13.2. The third-order valence-corrected chi connectivity index (χ3v) is 4.41. The zero-order valence-corrected chi connectivity index (χ0v) is 13.3. The van der Waals surface area contributed by atoms with Gasteiger partial charge >= 0.3 is 0 Å². The molecule has 0 bridgehead atoms. The topological polar surface area (TPSA) is 36.4 Å². The summed E-state index contributed by atoms with van der Waals surface area (Å²) in [6.45, 7) is 1.41. The molecule has 3 rings (SSSR count). The number of aliphatic imine (C=N–C) groups is 1. The van der Waals surface area contributed by atoms with Crippen LogP contribution in [-0.4, -0.2) is 19.6 Å². The van der Waals surface area contributed by atoms with Crippen LogP contribution in [0.25, 0.3) is 0 Å². The highest BCUT2D eigenvalue weighted by molar-refractivity contribution is 5.79. The van der Waals surface area contributed by atoms with Gasteiger partial charge in [-0.3, -0.25) is 4.99 Å². The van der Waals surface area contributed by atoms with E-state index in [0.29, 0.717) is 6.54 Å². The van der Waals surface area contributed by atoms with Crippen molar-refractivity contribution < 1.29 is 4.39 Å². The summed E-state index contributed by atoms with van der Waals surface area (Å²) in [5, 5.41) is 6.64. The van der Waals surface area contributed by atoms with E-state index < -0.39 is 0 Å². The first kappa shape index (κ1) is 15.5. The fraction of sp³-hybridized carbons (Fsp3) is 0.316. The SMILES string of the molecule is CN=C(NCc1cccc(F)c1)NCC1(c2ccccc2)CC1. The van der Waals surface area contributed by atoms with Crippen LogP contribution in [0.15, 0.2) is 59.6 Å². The lowest BCUT2D eigenvalue weighted by atomic mass is 9.96. The molecule has 1 aliphatic rings. The van der Waals surface area contributed by atoms with Crippen LogP contribution < -0.4 is 10.6 Å². The van der Waals surface area contributed by atoms with Crippen molar-refractivity contribution in [1.29, 1.82) is 0 Å². The van der Waals surface area contributed by atoms with Gasteiger partial charge in [0.1, 0.15) is 5.82 Å². The van der Waals surface area contributed by atoms with Gasteiger partial charge in [0.05, 0.1) is 0 Å².